The molecule has 1 amide bonds. The van der Waals surface area contributed by atoms with Crippen LogP contribution in [0.25, 0.3) is 10.9 Å². The Bertz CT molecular complexity index is 960. The second-order valence-electron chi connectivity index (χ2n) is 7.00. The molecule has 0 radical (unpaired) electrons. The molecule has 1 heterocycles. The molecular formula is C22H24N2O3. The van der Waals surface area contributed by atoms with Gasteiger partial charge in [-0.2, -0.15) is 0 Å². The predicted molar refractivity (Wildman–Crippen MR) is 105 cm³/mol. The van der Waals surface area contributed by atoms with Gasteiger partial charge < -0.3 is 19.8 Å². The number of nitrogens with one attached hydrogen (secondary N) is 2. The van der Waals surface area contributed by atoms with Crippen molar-refractivity contribution in [3.63, 3.8) is 0 Å². The molecule has 1 aliphatic rings. The first-order valence-electron chi connectivity index (χ1n) is 9.37. The number of hydrogen-bond donors (Lipinski definition) is 2. The molecule has 1 unspecified atom stereocenters. The van der Waals surface area contributed by atoms with Crippen LogP contribution < -0.4 is 14.8 Å². The molecular weight excluding hydrogens is 340 g/mol. The van der Waals surface area contributed by atoms with Crippen LogP contribution >= 0.6 is 0 Å². The van der Waals surface area contributed by atoms with Crippen LogP contribution in [-0.4, -0.2) is 30.1 Å². The van der Waals surface area contributed by atoms with Crippen molar-refractivity contribution in [3.8, 4) is 11.5 Å². The average molecular weight is 364 g/mol. The minimum absolute atomic E-state index is 0.0122. The van der Waals surface area contributed by atoms with Gasteiger partial charge in [-0.15, -0.1) is 0 Å². The summed E-state index contributed by atoms with van der Waals surface area (Å²) in [5, 5.41) is 4.36. The van der Waals surface area contributed by atoms with E-state index >= 15 is 0 Å². The van der Waals surface area contributed by atoms with Crippen LogP contribution in [0.4, 0.5) is 0 Å². The molecule has 3 aromatic rings. The normalized spacial score (nSPS) is 15.6. The number of hydrogen-bond acceptors (Lipinski definition) is 3. The topological polar surface area (TPSA) is 63.4 Å². The fraction of sp³-hybridized carbons (Fsp3) is 0.318. The van der Waals surface area contributed by atoms with E-state index in [2.05, 4.69) is 35.4 Å². The monoisotopic (exact) mass is 364 g/mol. The highest BCUT2D eigenvalue weighted by Gasteiger charge is 2.26. The van der Waals surface area contributed by atoms with Gasteiger partial charge in [-0.05, 0) is 62.2 Å². The van der Waals surface area contributed by atoms with E-state index in [0.29, 0.717) is 12.4 Å². The molecule has 1 aromatic heterocycles. The van der Waals surface area contributed by atoms with E-state index in [1.807, 2.05) is 31.2 Å². The van der Waals surface area contributed by atoms with Crippen LogP contribution in [0.3, 0.4) is 0 Å². The lowest BCUT2D eigenvalue weighted by Crippen LogP contribution is -2.38. The van der Waals surface area contributed by atoms with Gasteiger partial charge >= 0.3 is 0 Å². The van der Waals surface area contributed by atoms with Gasteiger partial charge in [-0.3, -0.25) is 4.79 Å². The van der Waals surface area contributed by atoms with Crippen LogP contribution in [0.1, 0.15) is 23.7 Å². The summed E-state index contributed by atoms with van der Waals surface area (Å²) < 4.78 is 11.0. The Morgan fingerprint density at radius 3 is 2.59 bits per heavy atom. The molecule has 0 spiro atoms. The second kappa shape index (κ2) is 7.35. The maximum absolute atomic E-state index is 12.3. The number of ether oxygens (including phenoxy) is 2. The van der Waals surface area contributed by atoms with Crippen molar-refractivity contribution in [2.75, 3.05) is 13.2 Å². The van der Waals surface area contributed by atoms with Gasteiger partial charge in [0.1, 0.15) is 11.5 Å². The third-order valence-electron chi connectivity index (χ3n) is 4.92. The van der Waals surface area contributed by atoms with Crippen LogP contribution in [0, 0.1) is 6.92 Å². The lowest BCUT2D eigenvalue weighted by molar-refractivity contribution is -0.123. The molecule has 2 aromatic carbocycles. The standard InChI is InChI=1S/C22H24N2O3/c1-3-26-16-5-7-17(8-6-16)27-13-22(25)23-15-11-19-18-10-14(2)4-9-20(18)24-21(19)12-15/h4-10,15,24H,3,11-13H2,1-2H3,(H,23,25). The molecule has 5 heteroatoms. The molecule has 0 saturated carbocycles. The Morgan fingerprint density at radius 1 is 1.11 bits per heavy atom. The van der Waals surface area contributed by atoms with Crippen LogP contribution in [0.5, 0.6) is 11.5 Å². The van der Waals surface area contributed by atoms with E-state index in [0.717, 1.165) is 18.6 Å². The third-order valence-corrected chi connectivity index (χ3v) is 4.92. The first-order chi connectivity index (χ1) is 13.1. The van der Waals surface area contributed by atoms with E-state index in [4.69, 9.17) is 9.47 Å². The summed E-state index contributed by atoms with van der Waals surface area (Å²) in [4.78, 5) is 15.7. The summed E-state index contributed by atoms with van der Waals surface area (Å²) in [5.41, 5.74) is 4.98. The molecule has 140 valence electrons. The Kier molecular flexibility index (Phi) is 4.75. The Balaban J connectivity index is 1.31. The van der Waals surface area contributed by atoms with Gasteiger partial charge in [0.2, 0.25) is 0 Å². The van der Waals surface area contributed by atoms with Crippen LogP contribution in [0.15, 0.2) is 42.5 Å². The van der Waals surface area contributed by atoms with Crippen molar-refractivity contribution in [1.29, 1.82) is 0 Å². The molecule has 0 aliphatic heterocycles. The largest absolute Gasteiger partial charge is 0.494 e. The zero-order valence-corrected chi connectivity index (χ0v) is 15.7. The number of carbonyl (C=O) groups is 1. The summed E-state index contributed by atoms with van der Waals surface area (Å²) >= 11 is 0. The Hall–Kier alpha value is -2.95. The van der Waals surface area contributed by atoms with Crippen LogP contribution in [-0.2, 0) is 17.6 Å². The van der Waals surface area contributed by atoms with Crippen molar-refractivity contribution in [3.05, 3.63) is 59.3 Å². The van der Waals surface area contributed by atoms with E-state index < -0.39 is 0 Å². The second-order valence-corrected chi connectivity index (χ2v) is 7.00. The average Bonchev–Trinajstić information content (AvgIpc) is 3.19. The number of benzene rings is 2. The molecule has 2 N–H and O–H groups in total. The van der Waals surface area contributed by atoms with Crippen molar-refractivity contribution in [2.24, 2.45) is 0 Å². The van der Waals surface area contributed by atoms with Gasteiger partial charge in [0.25, 0.3) is 5.91 Å². The minimum Gasteiger partial charge on any atom is -0.494 e. The molecule has 0 bridgehead atoms. The van der Waals surface area contributed by atoms with E-state index in [9.17, 15) is 4.79 Å². The van der Waals surface area contributed by atoms with Crippen molar-refractivity contribution >= 4 is 16.8 Å². The fourth-order valence-corrected chi connectivity index (χ4v) is 3.71. The minimum atomic E-state index is -0.0977. The zero-order valence-electron chi connectivity index (χ0n) is 15.7. The maximum Gasteiger partial charge on any atom is 0.258 e. The zero-order chi connectivity index (χ0) is 18.8. The maximum atomic E-state index is 12.3. The molecule has 27 heavy (non-hydrogen) atoms. The number of amides is 1. The Labute approximate surface area is 158 Å². The summed E-state index contributed by atoms with van der Waals surface area (Å²) in [7, 11) is 0. The van der Waals surface area contributed by atoms with Gasteiger partial charge in [0.05, 0.1) is 6.61 Å². The molecule has 1 atom stereocenters. The SMILES string of the molecule is CCOc1ccc(OCC(=O)NC2Cc3[nH]c4ccc(C)cc4c3C2)cc1. The quantitative estimate of drug-likeness (QED) is 0.703. The molecule has 4 rings (SSSR count). The number of aromatic nitrogens is 1. The van der Waals surface area contributed by atoms with Crippen molar-refractivity contribution in [2.45, 2.75) is 32.7 Å². The van der Waals surface area contributed by atoms with Crippen molar-refractivity contribution < 1.29 is 14.3 Å². The summed E-state index contributed by atoms with van der Waals surface area (Å²) in [6.07, 6.45) is 1.69. The highest BCUT2D eigenvalue weighted by molar-refractivity contribution is 5.86. The highest BCUT2D eigenvalue weighted by Crippen LogP contribution is 2.30. The third kappa shape index (κ3) is 3.77. The van der Waals surface area contributed by atoms with Gasteiger partial charge in [0.15, 0.2) is 6.61 Å². The van der Waals surface area contributed by atoms with Gasteiger partial charge in [-0.25, -0.2) is 0 Å². The van der Waals surface area contributed by atoms with Gasteiger partial charge in [0, 0.05) is 29.1 Å². The number of aryl methyl sites for hydroxylation is 1. The summed E-state index contributed by atoms with van der Waals surface area (Å²) in [5.74, 6) is 1.36. The molecule has 1 aliphatic carbocycles. The highest BCUT2D eigenvalue weighted by atomic mass is 16.5. The Morgan fingerprint density at radius 2 is 1.85 bits per heavy atom. The van der Waals surface area contributed by atoms with Crippen LogP contribution in [0.2, 0.25) is 0 Å². The smallest absolute Gasteiger partial charge is 0.258 e. The van der Waals surface area contributed by atoms with E-state index in [-0.39, 0.29) is 18.6 Å². The van der Waals surface area contributed by atoms with Crippen molar-refractivity contribution in [1.82, 2.24) is 10.3 Å². The summed E-state index contributed by atoms with van der Waals surface area (Å²) in [6.45, 7) is 4.68. The lowest BCUT2D eigenvalue weighted by Gasteiger charge is -2.13. The predicted octanol–water partition coefficient (Wildman–Crippen LogP) is 3.54. The fourth-order valence-electron chi connectivity index (χ4n) is 3.71. The number of fused-ring (bicyclic) bond motifs is 3. The van der Waals surface area contributed by atoms with E-state index in [1.54, 1.807) is 0 Å². The molecule has 5 nitrogen and oxygen atoms in total. The molecule has 0 saturated heterocycles. The first kappa shape index (κ1) is 17.5. The van der Waals surface area contributed by atoms with Gasteiger partial charge in [-0.1, -0.05) is 11.6 Å². The number of H-pyrrole nitrogens is 1. The number of aromatic amines is 1. The van der Waals surface area contributed by atoms with E-state index in [1.165, 1.54) is 27.7 Å². The number of rotatable bonds is 6. The molecule has 0 fully saturated rings. The summed E-state index contributed by atoms with van der Waals surface area (Å²) in [6, 6.07) is 13.9. The first-order valence-corrected chi connectivity index (χ1v) is 9.37. The number of carbonyl (C=O) groups excluding carboxylic acids is 1. The lowest BCUT2D eigenvalue weighted by atomic mass is 10.1.